The normalized spacial score (nSPS) is 18.7. The molecule has 6 nitrogen and oxygen atoms in total. The Balaban J connectivity index is 1.44. The number of likely N-dealkylation sites (tertiary alicyclic amines) is 1. The van der Waals surface area contributed by atoms with E-state index in [0.717, 1.165) is 81.4 Å². The number of rotatable bonds is 2. The number of carbonyl (C=O) groups excluding carboxylic acids is 2. The molecule has 2 aliphatic heterocycles. The summed E-state index contributed by atoms with van der Waals surface area (Å²) < 4.78 is 5.65. The number of amides is 3. The van der Waals surface area contributed by atoms with E-state index in [-0.39, 0.29) is 12.1 Å². The van der Waals surface area contributed by atoms with Gasteiger partial charge in [-0.3, -0.25) is 10.2 Å². The third kappa shape index (κ3) is 4.85. The molecule has 0 radical (unpaired) electrons. The molecule has 5 rings (SSSR count). The van der Waals surface area contributed by atoms with Gasteiger partial charge in [0, 0.05) is 18.8 Å². The second-order valence-corrected chi connectivity index (χ2v) is 9.43. The molecule has 0 bridgehead atoms. The summed E-state index contributed by atoms with van der Waals surface area (Å²) in [6.07, 6.45) is 9.90. The van der Waals surface area contributed by atoms with Crippen LogP contribution in [0.3, 0.4) is 0 Å². The van der Waals surface area contributed by atoms with E-state index < -0.39 is 6.09 Å². The summed E-state index contributed by atoms with van der Waals surface area (Å²) in [6, 6.07) is 14.1. The van der Waals surface area contributed by atoms with Crippen molar-refractivity contribution in [1.29, 1.82) is 0 Å². The largest absolute Gasteiger partial charge is 0.446 e. The third-order valence-electron chi connectivity index (χ3n) is 7.11. The Morgan fingerprint density at radius 3 is 2.30 bits per heavy atom. The fourth-order valence-corrected chi connectivity index (χ4v) is 5.32. The Morgan fingerprint density at radius 1 is 0.818 bits per heavy atom. The van der Waals surface area contributed by atoms with Crippen molar-refractivity contribution in [1.82, 2.24) is 4.90 Å². The number of hydrogen-bond donors (Lipinski definition) is 1. The highest BCUT2D eigenvalue weighted by Crippen LogP contribution is 2.38. The predicted molar refractivity (Wildman–Crippen MR) is 130 cm³/mol. The highest BCUT2D eigenvalue weighted by Gasteiger charge is 2.30. The summed E-state index contributed by atoms with van der Waals surface area (Å²) in [4.78, 5) is 30.1. The van der Waals surface area contributed by atoms with Crippen molar-refractivity contribution < 1.29 is 14.3 Å². The fourth-order valence-electron chi connectivity index (χ4n) is 5.32. The van der Waals surface area contributed by atoms with Gasteiger partial charge in [-0.15, -0.1) is 0 Å². The summed E-state index contributed by atoms with van der Waals surface area (Å²) in [5.41, 5.74) is 4.73. The van der Waals surface area contributed by atoms with Crippen molar-refractivity contribution in [2.45, 2.75) is 70.3 Å². The van der Waals surface area contributed by atoms with Gasteiger partial charge >= 0.3 is 12.1 Å². The molecule has 2 aromatic rings. The number of nitrogens with zero attached hydrogens (tertiary/aromatic N) is 2. The molecule has 1 N–H and O–H groups in total. The highest BCUT2D eigenvalue weighted by molar-refractivity contribution is 6.02. The first-order valence-electron chi connectivity index (χ1n) is 12.5. The molecule has 2 fully saturated rings. The van der Waals surface area contributed by atoms with E-state index in [1.807, 2.05) is 46.2 Å². The zero-order chi connectivity index (χ0) is 22.6. The Kier molecular flexibility index (Phi) is 6.51. The van der Waals surface area contributed by atoms with Gasteiger partial charge in [0.2, 0.25) is 0 Å². The number of nitrogens with one attached hydrogen (secondary N) is 1. The minimum Gasteiger partial charge on any atom is -0.446 e. The SMILES string of the molecule is O=C(Nc1ccc2c(c1)N(C(=O)N1CCCCC1)c1ccccc1CC2)OC1CCCCC1. The van der Waals surface area contributed by atoms with Crippen LogP contribution in [0.15, 0.2) is 42.5 Å². The summed E-state index contributed by atoms with van der Waals surface area (Å²) in [5.74, 6) is 0. The van der Waals surface area contributed by atoms with Crippen LogP contribution in [0.1, 0.15) is 62.5 Å². The van der Waals surface area contributed by atoms with Crippen molar-refractivity contribution >= 4 is 29.2 Å². The van der Waals surface area contributed by atoms with E-state index >= 15 is 0 Å². The molecule has 2 aromatic carbocycles. The lowest BCUT2D eigenvalue weighted by Crippen LogP contribution is -2.43. The van der Waals surface area contributed by atoms with E-state index in [0.29, 0.717) is 5.69 Å². The first-order chi connectivity index (χ1) is 16.2. The average Bonchev–Trinajstić information content (AvgIpc) is 3.01. The van der Waals surface area contributed by atoms with Gasteiger partial charge < -0.3 is 9.64 Å². The zero-order valence-electron chi connectivity index (χ0n) is 19.2. The number of ether oxygens (including phenoxy) is 1. The molecule has 0 unspecified atom stereocenters. The number of hydrogen-bond acceptors (Lipinski definition) is 3. The number of piperidine rings is 1. The lowest BCUT2D eigenvalue weighted by molar-refractivity contribution is 0.0865. The van der Waals surface area contributed by atoms with Crippen LogP contribution in [0.5, 0.6) is 0 Å². The van der Waals surface area contributed by atoms with Crippen molar-refractivity contribution in [2.24, 2.45) is 0 Å². The summed E-state index contributed by atoms with van der Waals surface area (Å²) in [5, 5.41) is 2.91. The number of urea groups is 1. The van der Waals surface area contributed by atoms with E-state index in [1.165, 1.54) is 18.4 Å². The van der Waals surface area contributed by atoms with Gasteiger partial charge in [-0.2, -0.15) is 0 Å². The van der Waals surface area contributed by atoms with Crippen molar-refractivity contribution in [2.75, 3.05) is 23.3 Å². The highest BCUT2D eigenvalue weighted by atomic mass is 16.6. The van der Waals surface area contributed by atoms with E-state index in [1.54, 1.807) is 0 Å². The van der Waals surface area contributed by atoms with E-state index in [2.05, 4.69) is 11.4 Å². The van der Waals surface area contributed by atoms with Crippen LogP contribution in [0.4, 0.5) is 26.7 Å². The van der Waals surface area contributed by atoms with Crippen LogP contribution in [-0.4, -0.2) is 36.2 Å². The molecule has 1 aliphatic carbocycles. The van der Waals surface area contributed by atoms with Crippen LogP contribution < -0.4 is 10.2 Å². The Morgan fingerprint density at radius 2 is 1.52 bits per heavy atom. The second-order valence-electron chi connectivity index (χ2n) is 9.43. The molecule has 2 heterocycles. The number of benzene rings is 2. The summed E-state index contributed by atoms with van der Waals surface area (Å²) >= 11 is 0. The maximum Gasteiger partial charge on any atom is 0.411 e. The molecule has 33 heavy (non-hydrogen) atoms. The Labute approximate surface area is 195 Å². The first kappa shape index (κ1) is 21.8. The van der Waals surface area contributed by atoms with Gasteiger partial charge in [-0.25, -0.2) is 9.59 Å². The van der Waals surface area contributed by atoms with Gasteiger partial charge in [0.25, 0.3) is 0 Å². The molecule has 1 saturated heterocycles. The zero-order valence-corrected chi connectivity index (χ0v) is 19.2. The smallest absolute Gasteiger partial charge is 0.411 e. The predicted octanol–water partition coefficient (Wildman–Crippen LogP) is 6.41. The molecule has 0 spiro atoms. The van der Waals surface area contributed by atoms with Crippen LogP contribution >= 0.6 is 0 Å². The number of anilines is 3. The molecule has 6 heteroatoms. The first-order valence-corrected chi connectivity index (χ1v) is 12.5. The van der Waals surface area contributed by atoms with Gasteiger partial charge in [0.1, 0.15) is 6.10 Å². The fraction of sp³-hybridized carbons (Fsp3) is 0.481. The van der Waals surface area contributed by atoms with Crippen molar-refractivity contribution in [3.8, 4) is 0 Å². The third-order valence-corrected chi connectivity index (χ3v) is 7.11. The monoisotopic (exact) mass is 447 g/mol. The molecule has 3 aliphatic rings. The van der Waals surface area contributed by atoms with Crippen LogP contribution in [0, 0.1) is 0 Å². The quantitative estimate of drug-likeness (QED) is 0.579. The molecular weight excluding hydrogens is 414 g/mol. The Hall–Kier alpha value is -3.02. The molecule has 1 saturated carbocycles. The number of para-hydroxylation sites is 1. The minimum absolute atomic E-state index is 0.00336. The molecule has 174 valence electrons. The maximum absolute atomic E-state index is 13.8. The van der Waals surface area contributed by atoms with Gasteiger partial charge in [0.15, 0.2) is 0 Å². The van der Waals surface area contributed by atoms with Crippen LogP contribution in [0.25, 0.3) is 0 Å². The molecule has 0 aromatic heterocycles. The van der Waals surface area contributed by atoms with E-state index in [4.69, 9.17) is 4.74 Å². The van der Waals surface area contributed by atoms with Crippen molar-refractivity contribution in [3.63, 3.8) is 0 Å². The second kappa shape index (κ2) is 9.86. The maximum atomic E-state index is 13.8. The minimum atomic E-state index is -0.412. The van der Waals surface area contributed by atoms with Crippen molar-refractivity contribution in [3.05, 3.63) is 53.6 Å². The standard InChI is InChI=1S/C27H33N3O3/c31-26(33-23-10-3-1-4-11-23)28-22-16-15-21-14-13-20-9-5-6-12-24(20)30(25(21)19-22)27(32)29-17-7-2-8-18-29/h5-6,9,12,15-16,19,23H,1-4,7-8,10-11,13-14,17-18H2,(H,28,31). The number of fused-ring (bicyclic) bond motifs is 2. The lowest BCUT2D eigenvalue weighted by atomic mass is 9.98. The summed E-state index contributed by atoms with van der Waals surface area (Å²) in [6.45, 7) is 1.58. The molecule has 0 atom stereocenters. The molecular formula is C27H33N3O3. The molecule has 3 amide bonds. The number of aryl methyl sites for hydroxylation is 2. The van der Waals surface area contributed by atoms with Gasteiger partial charge in [-0.05, 0) is 87.1 Å². The number of carbonyl (C=O) groups is 2. The van der Waals surface area contributed by atoms with Crippen LogP contribution in [-0.2, 0) is 17.6 Å². The van der Waals surface area contributed by atoms with Gasteiger partial charge in [-0.1, -0.05) is 30.7 Å². The lowest BCUT2D eigenvalue weighted by Gasteiger charge is -2.34. The van der Waals surface area contributed by atoms with Crippen LogP contribution in [0.2, 0.25) is 0 Å². The Bertz CT molecular complexity index is 1010. The van der Waals surface area contributed by atoms with Gasteiger partial charge in [0.05, 0.1) is 11.4 Å². The average molecular weight is 448 g/mol. The summed E-state index contributed by atoms with van der Waals surface area (Å²) in [7, 11) is 0. The topological polar surface area (TPSA) is 61.9 Å². The van der Waals surface area contributed by atoms with E-state index in [9.17, 15) is 9.59 Å².